The predicted octanol–water partition coefficient (Wildman–Crippen LogP) is 6.91. The number of carbonyl (C=O) groups is 1. The maximum absolute atomic E-state index is 12.5. The number of carbonyl (C=O) groups excluding carboxylic acids is 1. The first-order chi connectivity index (χ1) is 13.6. The highest BCUT2D eigenvalue weighted by Crippen LogP contribution is 2.33. The number of thiazole rings is 1. The van der Waals surface area contributed by atoms with E-state index in [-0.39, 0.29) is 5.91 Å². The highest BCUT2D eigenvalue weighted by atomic mass is 79.9. The lowest BCUT2D eigenvalue weighted by Gasteiger charge is -2.06. The number of aryl methyl sites for hydroxylation is 1. The number of hydrogen-bond acceptors (Lipinski definition) is 4. The number of amides is 1. The van der Waals surface area contributed by atoms with Crippen molar-refractivity contribution < 1.29 is 4.79 Å². The standard InChI is InChI=1S/C22H17BrN2OS2/c1-14-5-4-6-15(11-14)13-27-22-25-19-10-9-16(12-20(19)28-22)24-21(26)17-7-2-3-8-18(17)23/h2-12H,13H2,1H3,(H,24,26). The van der Waals surface area contributed by atoms with Gasteiger partial charge in [-0.15, -0.1) is 11.3 Å². The van der Waals surface area contributed by atoms with Gasteiger partial charge in [-0.05, 0) is 58.7 Å². The summed E-state index contributed by atoms with van der Waals surface area (Å²) in [5, 5.41) is 2.97. The molecule has 0 aliphatic heterocycles. The smallest absolute Gasteiger partial charge is 0.256 e. The number of anilines is 1. The highest BCUT2D eigenvalue weighted by Gasteiger charge is 2.11. The van der Waals surface area contributed by atoms with Crippen molar-refractivity contribution in [1.29, 1.82) is 0 Å². The van der Waals surface area contributed by atoms with Crippen LogP contribution in [0.25, 0.3) is 10.2 Å². The van der Waals surface area contributed by atoms with E-state index in [0.29, 0.717) is 5.56 Å². The Morgan fingerprint density at radius 2 is 1.96 bits per heavy atom. The summed E-state index contributed by atoms with van der Waals surface area (Å²) in [5.41, 5.74) is 4.91. The maximum Gasteiger partial charge on any atom is 0.256 e. The van der Waals surface area contributed by atoms with E-state index in [2.05, 4.69) is 52.4 Å². The molecule has 1 aromatic heterocycles. The fraction of sp³-hybridized carbons (Fsp3) is 0.0909. The predicted molar refractivity (Wildman–Crippen MR) is 122 cm³/mol. The van der Waals surface area contributed by atoms with Crippen LogP contribution in [0, 0.1) is 6.92 Å². The van der Waals surface area contributed by atoms with Gasteiger partial charge >= 0.3 is 0 Å². The molecule has 3 nitrogen and oxygen atoms in total. The van der Waals surface area contributed by atoms with Crippen LogP contribution in [0.4, 0.5) is 5.69 Å². The monoisotopic (exact) mass is 468 g/mol. The molecule has 28 heavy (non-hydrogen) atoms. The Hall–Kier alpha value is -2.15. The van der Waals surface area contributed by atoms with Crippen molar-refractivity contribution in [2.24, 2.45) is 0 Å². The molecule has 0 saturated heterocycles. The van der Waals surface area contributed by atoms with Gasteiger partial charge in [0.25, 0.3) is 5.91 Å². The summed E-state index contributed by atoms with van der Waals surface area (Å²) in [6, 6.07) is 21.8. The van der Waals surface area contributed by atoms with E-state index in [0.717, 1.165) is 30.5 Å². The molecule has 0 bridgehead atoms. The van der Waals surface area contributed by atoms with E-state index in [1.165, 1.54) is 11.1 Å². The molecule has 0 aliphatic rings. The largest absolute Gasteiger partial charge is 0.322 e. The second kappa shape index (κ2) is 8.47. The van der Waals surface area contributed by atoms with E-state index >= 15 is 0 Å². The van der Waals surface area contributed by atoms with Crippen molar-refractivity contribution in [2.75, 3.05) is 5.32 Å². The first-order valence-corrected chi connectivity index (χ1v) is 11.3. The van der Waals surface area contributed by atoms with E-state index in [1.807, 2.05) is 36.4 Å². The molecule has 4 aromatic rings. The number of benzene rings is 3. The van der Waals surface area contributed by atoms with E-state index in [4.69, 9.17) is 4.98 Å². The van der Waals surface area contributed by atoms with E-state index in [9.17, 15) is 4.79 Å². The van der Waals surface area contributed by atoms with Crippen molar-refractivity contribution in [2.45, 2.75) is 17.0 Å². The zero-order valence-corrected chi connectivity index (χ0v) is 18.3. The number of thioether (sulfide) groups is 1. The summed E-state index contributed by atoms with van der Waals surface area (Å²) >= 11 is 6.82. The lowest BCUT2D eigenvalue weighted by atomic mass is 10.2. The quantitative estimate of drug-likeness (QED) is 0.323. The highest BCUT2D eigenvalue weighted by molar-refractivity contribution is 9.10. The fourth-order valence-corrected chi connectivity index (χ4v) is 5.35. The lowest BCUT2D eigenvalue weighted by molar-refractivity contribution is 0.102. The summed E-state index contributed by atoms with van der Waals surface area (Å²) in [5.74, 6) is 0.762. The molecule has 0 spiro atoms. The Bertz CT molecular complexity index is 1160. The molecule has 1 heterocycles. The number of rotatable bonds is 5. The molecule has 4 rings (SSSR count). The Balaban J connectivity index is 1.48. The number of aromatic nitrogens is 1. The Morgan fingerprint density at radius 1 is 1.11 bits per heavy atom. The van der Waals surface area contributed by atoms with Gasteiger partial charge in [-0.1, -0.05) is 53.7 Å². The Kier molecular flexibility index (Phi) is 5.80. The SMILES string of the molecule is Cc1cccc(CSc2nc3ccc(NC(=O)c4ccccc4Br)cc3s2)c1. The number of hydrogen-bond donors (Lipinski definition) is 1. The third kappa shape index (κ3) is 4.46. The van der Waals surface area contributed by atoms with Crippen molar-refractivity contribution in [1.82, 2.24) is 4.98 Å². The van der Waals surface area contributed by atoms with Crippen LogP contribution in [0.1, 0.15) is 21.5 Å². The summed E-state index contributed by atoms with van der Waals surface area (Å²) in [4.78, 5) is 17.2. The molecule has 6 heteroatoms. The van der Waals surface area contributed by atoms with Crippen molar-refractivity contribution in [3.05, 3.63) is 87.9 Å². The fourth-order valence-electron chi connectivity index (χ4n) is 2.83. The molecule has 0 fully saturated rings. The molecular formula is C22H17BrN2OS2. The van der Waals surface area contributed by atoms with Gasteiger partial charge in [-0.3, -0.25) is 4.79 Å². The first kappa shape index (κ1) is 19.2. The number of halogens is 1. The van der Waals surface area contributed by atoms with E-state index < -0.39 is 0 Å². The summed E-state index contributed by atoms with van der Waals surface area (Å²) in [7, 11) is 0. The minimum Gasteiger partial charge on any atom is -0.322 e. The molecule has 0 aliphatic carbocycles. The van der Waals surface area contributed by atoms with Gasteiger partial charge in [0.15, 0.2) is 4.34 Å². The molecule has 1 amide bonds. The van der Waals surface area contributed by atoms with Crippen LogP contribution in [0.5, 0.6) is 0 Å². The van der Waals surface area contributed by atoms with Gasteiger partial charge in [-0.2, -0.15) is 0 Å². The van der Waals surface area contributed by atoms with Crippen LogP contribution >= 0.6 is 39.0 Å². The number of nitrogens with one attached hydrogen (secondary N) is 1. The first-order valence-electron chi connectivity index (χ1n) is 8.73. The van der Waals surface area contributed by atoms with E-state index in [1.54, 1.807) is 29.2 Å². The van der Waals surface area contributed by atoms with Crippen molar-refractivity contribution >= 4 is 60.8 Å². The van der Waals surface area contributed by atoms with Gasteiger partial charge in [0.2, 0.25) is 0 Å². The summed E-state index contributed by atoms with van der Waals surface area (Å²) in [6.45, 7) is 2.11. The normalized spacial score (nSPS) is 10.9. The molecule has 140 valence electrons. The minimum atomic E-state index is -0.134. The Morgan fingerprint density at radius 3 is 2.79 bits per heavy atom. The molecule has 0 unspecified atom stereocenters. The zero-order valence-electron chi connectivity index (χ0n) is 15.1. The van der Waals surface area contributed by atoms with Gasteiger partial charge in [0.1, 0.15) is 0 Å². The van der Waals surface area contributed by atoms with Crippen molar-refractivity contribution in [3.63, 3.8) is 0 Å². The molecule has 0 atom stereocenters. The van der Waals surface area contributed by atoms with Crippen LogP contribution < -0.4 is 5.32 Å². The van der Waals surface area contributed by atoms with Gasteiger partial charge in [-0.25, -0.2) is 4.98 Å². The third-order valence-electron chi connectivity index (χ3n) is 4.19. The molecular weight excluding hydrogens is 452 g/mol. The van der Waals surface area contributed by atoms with Crippen LogP contribution in [0.2, 0.25) is 0 Å². The minimum absolute atomic E-state index is 0.134. The molecule has 0 saturated carbocycles. The lowest BCUT2D eigenvalue weighted by Crippen LogP contribution is -2.12. The van der Waals surface area contributed by atoms with Gasteiger partial charge < -0.3 is 5.32 Å². The maximum atomic E-state index is 12.5. The second-order valence-corrected chi connectivity index (χ2v) is 9.48. The average molecular weight is 469 g/mol. The van der Waals surface area contributed by atoms with Crippen LogP contribution in [0.3, 0.4) is 0 Å². The molecule has 1 N–H and O–H groups in total. The Labute approximate surface area is 180 Å². The number of nitrogens with zero attached hydrogens (tertiary/aromatic N) is 1. The topological polar surface area (TPSA) is 42.0 Å². The summed E-state index contributed by atoms with van der Waals surface area (Å²) in [6.07, 6.45) is 0. The van der Waals surface area contributed by atoms with Crippen LogP contribution in [-0.2, 0) is 5.75 Å². The van der Waals surface area contributed by atoms with Crippen LogP contribution in [-0.4, -0.2) is 10.9 Å². The zero-order chi connectivity index (χ0) is 19.5. The van der Waals surface area contributed by atoms with Gasteiger partial charge in [0, 0.05) is 15.9 Å². The molecule has 0 radical (unpaired) electrons. The van der Waals surface area contributed by atoms with Crippen molar-refractivity contribution in [3.8, 4) is 0 Å². The summed E-state index contributed by atoms with van der Waals surface area (Å²) < 4.78 is 2.88. The molecule has 3 aromatic carbocycles. The van der Waals surface area contributed by atoms with Gasteiger partial charge in [0.05, 0.1) is 15.8 Å². The average Bonchev–Trinajstić information content (AvgIpc) is 3.09. The number of fused-ring (bicyclic) bond motifs is 1. The second-order valence-electron chi connectivity index (χ2n) is 6.37. The van der Waals surface area contributed by atoms with Crippen LogP contribution in [0.15, 0.2) is 75.5 Å². The third-order valence-corrected chi connectivity index (χ3v) is 7.11.